The largest absolute Gasteiger partial charge is 0.497 e. The first kappa shape index (κ1) is 26.3. The number of ether oxygens (including phenoxy) is 1. The molecule has 0 bridgehead atoms. The smallest absolute Gasteiger partial charge is 0.219 e. The lowest BCUT2D eigenvalue weighted by Gasteiger charge is -2.35. The van der Waals surface area contributed by atoms with Gasteiger partial charge in [-0.05, 0) is 42.2 Å². The van der Waals surface area contributed by atoms with Crippen molar-refractivity contribution in [1.29, 1.82) is 0 Å². The van der Waals surface area contributed by atoms with Gasteiger partial charge < -0.3 is 9.72 Å². The number of sulfonamides is 1. The summed E-state index contributed by atoms with van der Waals surface area (Å²) < 4.78 is 48.0. The summed E-state index contributed by atoms with van der Waals surface area (Å²) >= 11 is 6.43. The Balaban J connectivity index is 1.22. The first-order valence-corrected chi connectivity index (χ1v) is 14.1. The van der Waals surface area contributed by atoms with Crippen LogP contribution in [0.1, 0.15) is 36.2 Å². The predicted molar refractivity (Wildman–Crippen MR) is 140 cm³/mol. The molecule has 1 aromatic carbocycles. The van der Waals surface area contributed by atoms with Gasteiger partial charge in [0.1, 0.15) is 23.0 Å². The van der Waals surface area contributed by atoms with Crippen molar-refractivity contribution in [2.75, 3.05) is 20.2 Å². The first-order valence-electron chi connectivity index (χ1n) is 12.1. The number of nitrogens with zero attached hydrogens (tertiary/aromatic N) is 6. The maximum Gasteiger partial charge on any atom is 0.219 e. The molecule has 1 saturated heterocycles. The minimum atomic E-state index is -3.60. The molecule has 1 aliphatic heterocycles. The Hall–Kier alpha value is -3.35. The van der Waals surface area contributed by atoms with Gasteiger partial charge in [-0.25, -0.2) is 31.8 Å². The summed E-state index contributed by atoms with van der Waals surface area (Å²) in [5.74, 6) is 0.520. The van der Waals surface area contributed by atoms with E-state index < -0.39 is 15.8 Å². The molecule has 2 atom stereocenters. The fourth-order valence-electron chi connectivity index (χ4n) is 4.72. The zero-order chi connectivity index (χ0) is 26.9. The molecular formula is C25H27ClFN7O3S. The van der Waals surface area contributed by atoms with Gasteiger partial charge in [-0.15, -0.1) is 5.10 Å². The monoisotopic (exact) mass is 559 g/mol. The van der Waals surface area contributed by atoms with E-state index in [9.17, 15) is 12.8 Å². The lowest BCUT2D eigenvalue weighted by atomic mass is 9.86. The summed E-state index contributed by atoms with van der Waals surface area (Å²) in [6.45, 7) is 3.15. The van der Waals surface area contributed by atoms with Crippen LogP contribution in [-0.2, 0) is 22.3 Å². The van der Waals surface area contributed by atoms with Gasteiger partial charge in [0.25, 0.3) is 0 Å². The number of nitrogens with one attached hydrogen (secondary N) is 1. The maximum absolute atomic E-state index is 13.2. The number of hydrogen-bond acceptors (Lipinski definition) is 7. The van der Waals surface area contributed by atoms with E-state index in [0.29, 0.717) is 48.4 Å². The van der Waals surface area contributed by atoms with E-state index >= 15 is 0 Å². The summed E-state index contributed by atoms with van der Waals surface area (Å²) in [4.78, 5) is 11.6. The van der Waals surface area contributed by atoms with Gasteiger partial charge in [0.05, 0.1) is 31.2 Å². The van der Waals surface area contributed by atoms with E-state index in [1.54, 1.807) is 18.0 Å². The fourth-order valence-corrected chi connectivity index (χ4v) is 6.52. The van der Waals surface area contributed by atoms with Crippen LogP contribution in [0.15, 0.2) is 48.8 Å². The molecule has 4 aromatic rings. The van der Waals surface area contributed by atoms with Crippen LogP contribution in [0.25, 0.3) is 11.5 Å². The number of aromatic amines is 1. The van der Waals surface area contributed by atoms with E-state index in [1.807, 2.05) is 31.2 Å². The third kappa shape index (κ3) is 5.71. The van der Waals surface area contributed by atoms with Gasteiger partial charge in [0.15, 0.2) is 11.0 Å². The second-order valence-electron chi connectivity index (χ2n) is 9.39. The minimum absolute atomic E-state index is 0.0129. The highest BCUT2D eigenvalue weighted by Gasteiger charge is 2.35. The van der Waals surface area contributed by atoms with Gasteiger partial charge in [-0.1, -0.05) is 35.9 Å². The highest BCUT2D eigenvalue weighted by Crippen LogP contribution is 2.37. The molecule has 0 unspecified atom stereocenters. The Morgan fingerprint density at radius 1 is 1.21 bits per heavy atom. The number of halogens is 2. The second-order valence-corrected chi connectivity index (χ2v) is 11.7. The average Bonchev–Trinajstić information content (AvgIpc) is 3.50. The molecule has 0 amide bonds. The van der Waals surface area contributed by atoms with E-state index in [0.717, 1.165) is 23.2 Å². The number of hydrogen-bond donors (Lipinski definition) is 1. The predicted octanol–water partition coefficient (Wildman–Crippen LogP) is 3.87. The number of methoxy groups -OCH3 is 1. The zero-order valence-electron chi connectivity index (χ0n) is 20.9. The normalized spacial score (nSPS) is 18.5. The molecular weight excluding hydrogens is 533 g/mol. The van der Waals surface area contributed by atoms with Crippen molar-refractivity contribution in [3.8, 4) is 17.3 Å². The van der Waals surface area contributed by atoms with Crippen molar-refractivity contribution in [1.82, 2.24) is 34.3 Å². The molecule has 3 aromatic heterocycles. The zero-order valence-corrected chi connectivity index (χ0v) is 22.5. The van der Waals surface area contributed by atoms with Crippen LogP contribution in [0.2, 0.25) is 5.15 Å². The molecule has 4 heterocycles. The quantitative estimate of drug-likeness (QED) is 0.348. The lowest BCUT2D eigenvalue weighted by Crippen LogP contribution is -2.42. The number of piperidine rings is 1. The van der Waals surface area contributed by atoms with Crippen molar-refractivity contribution >= 4 is 21.6 Å². The Bertz CT molecular complexity index is 1510. The molecule has 13 heteroatoms. The average molecular weight is 560 g/mol. The van der Waals surface area contributed by atoms with Crippen molar-refractivity contribution in [2.24, 2.45) is 5.92 Å². The van der Waals surface area contributed by atoms with Crippen LogP contribution in [0, 0.1) is 11.7 Å². The molecule has 1 N–H and O–H groups in total. The van der Waals surface area contributed by atoms with Gasteiger partial charge in [-0.2, -0.15) is 0 Å². The van der Waals surface area contributed by atoms with Crippen LogP contribution in [-0.4, -0.2) is 62.9 Å². The second kappa shape index (κ2) is 10.8. The molecule has 0 radical (unpaired) electrons. The molecule has 1 fully saturated rings. The lowest BCUT2D eigenvalue weighted by molar-refractivity contribution is 0.246. The Labute approximate surface area is 224 Å². The number of imidazole rings is 1. The van der Waals surface area contributed by atoms with Crippen LogP contribution in [0.5, 0.6) is 5.75 Å². The summed E-state index contributed by atoms with van der Waals surface area (Å²) in [6.07, 6.45) is 3.35. The molecule has 0 saturated carbocycles. The van der Waals surface area contributed by atoms with Crippen LogP contribution in [0.3, 0.4) is 0 Å². The Morgan fingerprint density at radius 2 is 2.00 bits per heavy atom. The molecule has 10 nitrogen and oxygen atoms in total. The van der Waals surface area contributed by atoms with E-state index in [1.165, 1.54) is 16.4 Å². The van der Waals surface area contributed by atoms with E-state index in [-0.39, 0.29) is 17.6 Å². The number of pyridine rings is 1. The van der Waals surface area contributed by atoms with Gasteiger partial charge in [-0.3, -0.25) is 0 Å². The summed E-state index contributed by atoms with van der Waals surface area (Å²) in [6, 6.07) is 10.4. The number of benzene rings is 1. The standard InChI is InChI=1S/C25H27ClFN7O3S/c1-16-12-34(10-9-21(16)23-24(26)30-25(29-23)22-8-5-18(27)11-28-22)38(35,36)15-19-14-33(32-31-19)13-17-3-6-20(37-2)7-4-17/h3-8,11,14,16,21H,9-10,12-13,15H2,1-2H3,(H,29,30)/t16-,21+/m0/s1. The molecule has 200 valence electrons. The summed E-state index contributed by atoms with van der Waals surface area (Å²) in [5, 5.41) is 8.48. The Kier molecular flexibility index (Phi) is 7.46. The van der Waals surface area contributed by atoms with Gasteiger partial charge >= 0.3 is 0 Å². The maximum atomic E-state index is 13.2. The fraction of sp³-hybridized carbons (Fsp3) is 0.360. The van der Waals surface area contributed by atoms with Crippen molar-refractivity contribution in [2.45, 2.75) is 31.6 Å². The third-order valence-electron chi connectivity index (χ3n) is 6.71. The SMILES string of the molecule is COc1ccc(Cn2cc(CS(=O)(=O)N3CC[C@@H](c4[nH]c(-c5ccc(F)cn5)nc4Cl)[C@@H](C)C3)nn2)cc1. The van der Waals surface area contributed by atoms with Crippen LogP contribution in [0.4, 0.5) is 4.39 Å². The van der Waals surface area contributed by atoms with Gasteiger partial charge in [0.2, 0.25) is 10.0 Å². The number of rotatable bonds is 8. The molecule has 0 spiro atoms. The van der Waals surface area contributed by atoms with Crippen molar-refractivity contribution < 1.29 is 17.5 Å². The topological polar surface area (TPSA) is 119 Å². The molecule has 38 heavy (non-hydrogen) atoms. The number of aromatic nitrogens is 6. The molecule has 0 aliphatic carbocycles. The van der Waals surface area contributed by atoms with Crippen LogP contribution >= 0.6 is 11.6 Å². The highest BCUT2D eigenvalue weighted by atomic mass is 35.5. The Morgan fingerprint density at radius 3 is 2.68 bits per heavy atom. The highest BCUT2D eigenvalue weighted by molar-refractivity contribution is 7.88. The van der Waals surface area contributed by atoms with Crippen LogP contribution < -0.4 is 4.74 Å². The van der Waals surface area contributed by atoms with Crippen molar-refractivity contribution in [3.05, 3.63) is 76.7 Å². The number of H-pyrrole nitrogens is 1. The molecule has 1 aliphatic rings. The molecule has 5 rings (SSSR count). The van der Waals surface area contributed by atoms with Crippen molar-refractivity contribution in [3.63, 3.8) is 0 Å². The summed E-state index contributed by atoms with van der Waals surface area (Å²) in [7, 11) is -1.99. The van der Waals surface area contributed by atoms with Gasteiger partial charge in [0, 0.05) is 25.2 Å². The third-order valence-corrected chi connectivity index (χ3v) is 8.77. The van der Waals surface area contributed by atoms with E-state index in [2.05, 4.69) is 25.3 Å². The summed E-state index contributed by atoms with van der Waals surface area (Å²) in [5.41, 5.74) is 2.60. The minimum Gasteiger partial charge on any atom is -0.497 e. The van der Waals surface area contributed by atoms with E-state index in [4.69, 9.17) is 16.3 Å². The first-order chi connectivity index (χ1) is 18.2.